The van der Waals surface area contributed by atoms with Gasteiger partial charge in [-0.2, -0.15) is 0 Å². The van der Waals surface area contributed by atoms with Crippen molar-refractivity contribution in [1.82, 2.24) is 0 Å². The van der Waals surface area contributed by atoms with Crippen LogP contribution in [-0.2, 0) is 6.54 Å². The Bertz CT molecular complexity index is 747. The third kappa shape index (κ3) is 2.86. The van der Waals surface area contributed by atoms with E-state index in [4.69, 9.17) is 0 Å². The third-order valence-corrected chi connectivity index (χ3v) is 3.24. The second kappa shape index (κ2) is 5.57. The average molecular weight is 261 g/mol. The number of benzene rings is 3. The summed E-state index contributed by atoms with van der Waals surface area (Å²) in [5.41, 5.74) is 1.94. The van der Waals surface area contributed by atoms with Crippen LogP contribution >= 0.6 is 0 Å². The highest BCUT2D eigenvalue weighted by atomic mass is 16.5. The lowest BCUT2D eigenvalue weighted by molar-refractivity contribution is -0.469. The largest absolute Gasteiger partial charge is 0.624 e. The molecule has 3 rings (SSSR count). The summed E-state index contributed by atoms with van der Waals surface area (Å²) in [4.78, 5) is 0. The smallest absolute Gasteiger partial charge is 0.182 e. The quantitative estimate of drug-likeness (QED) is 0.303. The van der Waals surface area contributed by atoms with Crippen LogP contribution < -0.4 is 0 Å². The second-order valence-electron chi connectivity index (χ2n) is 4.80. The van der Waals surface area contributed by atoms with Gasteiger partial charge in [-0.05, 0) is 29.0 Å². The predicted molar refractivity (Wildman–Crippen MR) is 82.9 cm³/mol. The number of fused-ring (bicyclic) bond motifs is 1. The molecule has 0 aromatic heterocycles. The van der Waals surface area contributed by atoms with Crippen LogP contribution in [0.1, 0.15) is 11.1 Å². The maximum atomic E-state index is 12.0. The molecule has 0 bridgehead atoms. The van der Waals surface area contributed by atoms with Crippen molar-refractivity contribution in [2.75, 3.05) is 0 Å². The van der Waals surface area contributed by atoms with Crippen LogP contribution in [0, 0.1) is 5.21 Å². The maximum Gasteiger partial charge on any atom is 0.182 e. The first-order valence-corrected chi connectivity index (χ1v) is 6.63. The minimum absolute atomic E-state index is 0.361. The number of nitrogens with zero attached hydrogens (tertiary/aromatic N) is 1. The summed E-state index contributed by atoms with van der Waals surface area (Å²) in [5, 5.41) is 14.3. The molecule has 0 unspecified atom stereocenters. The van der Waals surface area contributed by atoms with Crippen molar-refractivity contribution in [2.45, 2.75) is 6.54 Å². The van der Waals surface area contributed by atoms with E-state index in [2.05, 4.69) is 24.3 Å². The molecule has 0 radical (unpaired) electrons. The molecule has 3 aromatic carbocycles. The molecule has 0 aliphatic heterocycles. The fraction of sp³-hybridized carbons (Fsp3) is 0.0556. The van der Waals surface area contributed by atoms with E-state index < -0.39 is 0 Å². The van der Waals surface area contributed by atoms with E-state index in [-0.39, 0.29) is 0 Å². The first-order valence-electron chi connectivity index (χ1n) is 6.63. The molecule has 0 aliphatic carbocycles. The van der Waals surface area contributed by atoms with E-state index in [1.54, 1.807) is 6.21 Å². The van der Waals surface area contributed by atoms with Gasteiger partial charge in [0.2, 0.25) is 0 Å². The molecule has 0 heterocycles. The second-order valence-corrected chi connectivity index (χ2v) is 4.80. The van der Waals surface area contributed by atoms with Crippen LogP contribution in [0.3, 0.4) is 0 Å². The zero-order valence-electron chi connectivity index (χ0n) is 11.1. The molecule has 0 spiro atoms. The first-order chi connectivity index (χ1) is 9.81. The third-order valence-electron chi connectivity index (χ3n) is 3.24. The van der Waals surface area contributed by atoms with Gasteiger partial charge in [-0.3, -0.25) is 0 Å². The lowest BCUT2D eigenvalue weighted by atomic mass is 10.1. The fourth-order valence-corrected chi connectivity index (χ4v) is 2.27. The molecule has 98 valence electrons. The van der Waals surface area contributed by atoms with Crippen molar-refractivity contribution in [3.8, 4) is 0 Å². The van der Waals surface area contributed by atoms with Gasteiger partial charge in [0, 0.05) is 11.1 Å². The van der Waals surface area contributed by atoms with Crippen LogP contribution in [-0.4, -0.2) is 11.0 Å². The van der Waals surface area contributed by atoms with Crippen LogP contribution in [0.15, 0.2) is 72.8 Å². The number of hydrogen-bond acceptors (Lipinski definition) is 1. The Morgan fingerprint density at radius 3 is 2.30 bits per heavy atom. The first kappa shape index (κ1) is 12.4. The van der Waals surface area contributed by atoms with Crippen LogP contribution in [0.25, 0.3) is 10.8 Å². The summed E-state index contributed by atoms with van der Waals surface area (Å²) in [6.07, 6.45) is 1.62. The highest BCUT2D eigenvalue weighted by Crippen LogP contribution is 2.16. The summed E-state index contributed by atoms with van der Waals surface area (Å²) in [6.45, 7) is 0.361. The van der Waals surface area contributed by atoms with Gasteiger partial charge in [-0.1, -0.05) is 54.6 Å². The summed E-state index contributed by atoms with van der Waals surface area (Å²) in [6, 6.07) is 23.9. The molecule has 3 aromatic rings. The van der Waals surface area contributed by atoms with Crippen LogP contribution in [0.2, 0.25) is 0 Å². The molecule has 20 heavy (non-hydrogen) atoms. The minimum atomic E-state index is 0.361. The van der Waals surface area contributed by atoms with E-state index in [9.17, 15) is 5.21 Å². The fourth-order valence-electron chi connectivity index (χ4n) is 2.27. The Kier molecular flexibility index (Phi) is 3.46. The Hall–Kier alpha value is -2.61. The number of hydrogen-bond donors (Lipinski definition) is 0. The Morgan fingerprint density at radius 1 is 0.800 bits per heavy atom. The lowest BCUT2D eigenvalue weighted by Gasteiger charge is -2.05. The molecule has 0 aliphatic rings. The molecule has 0 saturated heterocycles. The highest BCUT2D eigenvalue weighted by Gasteiger charge is 2.01. The predicted octanol–water partition coefficient (Wildman–Crippen LogP) is 3.97. The average Bonchev–Trinajstić information content (AvgIpc) is 2.48. The van der Waals surface area contributed by atoms with Gasteiger partial charge in [-0.25, -0.2) is 4.74 Å². The van der Waals surface area contributed by atoms with Gasteiger partial charge in [0.25, 0.3) is 0 Å². The van der Waals surface area contributed by atoms with Crippen molar-refractivity contribution in [3.05, 3.63) is 89.1 Å². The zero-order chi connectivity index (χ0) is 13.8. The molecule has 0 N–H and O–H groups in total. The summed E-state index contributed by atoms with van der Waals surface area (Å²) >= 11 is 0. The minimum Gasteiger partial charge on any atom is -0.624 e. The standard InChI is InChI=1S/C18H15NO/c20-19(13-15-6-2-1-3-7-15)14-16-10-11-17-8-4-5-9-18(17)12-16/h1-13H,14H2/b19-13-. The van der Waals surface area contributed by atoms with Crippen molar-refractivity contribution >= 4 is 17.0 Å². The van der Waals surface area contributed by atoms with Gasteiger partial charge < -0.3 is 5.21 Å². The van der Waals surface area contributed by atoms with Crippen molar-refractivity contribution < 1.29 is 4.74 Å². The SMILES string of the molecule is [O-]/[N+](=C\c1ccccc1)Cc1ccc2ccccc2c1. The monoisotopic (exact) mass is 261 g/mol. The molecule has 0 saturated carbocycles. The molecule has 0 amide bonds. The van der Waals surface area contributed by atoms with Crippen LogP contribution in [0.5, 0.6) is 0 Å². The van der Waals surface area contributed by atoms with Crippen molar-refractivity contribution in [2.24, 2.45) is 0 Å². The molecular formula is C18H15NO. The Balaban J connectivity index is 1.84. The van der Waals surface area contributed by atoms with Gasteiger partial charge >= 0.3 is 0 Å². The van der Waals surface area contributed by atoms with E-state index in [1.165, 1.54) is 5.39 Å². The van der Waals surface area contributed by atoms with Crippen molar-refractivity contribution in [1.29, 1.82) is 0 Å². The van der Waals surface area contributed by atoms with Crippen molar-refractivity contribution in [3.63, 3.8) is 0 Å². The zero-order valence-corrected chi connectivity index (χ0v) is 11.1. The van der Waals surface area contributed by atoms with E-state index in [1.807, 2.05) is 48.5 Å². The molecular weight excluding hydrogens is 246 g/mol. The van der Waals surface area contributed by atoms with E-state index in [0.29, 0.717) is 6.54 Å². The molecule has 0 atom stereocenters. The summed E-state index contributed by atoms with van der Waals surface area (Å²) in [5.74, 6) is 0. The maximum absolute atomic E-state index is 12.0. The summed E-state index contributed by atoms with van der Waals surface area (Å²) < 4.78 is 0.972. The number of rotatable bonds is 3. The van der Waals surface area contributed by atoms with Gasteiger partial charge in [-0.15, -0.1) is 0 Å². The lowest BCUT2D eigenvalue weighted by Crippen LogP contribution is -2.05. The molecule has 2 heteroatoms. The van der Waals surface area contributed by atoms with Crippen LogP contribution in [0.4, 0.5) is 0 Å². The summed E-state index contributed by atoms with van der Waals surface area (Å²) in [7, 11) is 0. The highest BCUT2D eigenvalue weighted by molar-refractivity contribution is 5.83. The normalized spacial score (nSPS) is 11.7. The molecule has 0 fully saturated rings. The Morgan fingerprint density at radius 2 is 1.50 bits per heavy atom. The van der Waals surface area contributed by atoms with Gasteiger partial charge in [0.1, 0.15) is 0 Å². The van der Waals surface area contributed by atoms with Gasteiger partial charge in [0.05, 0.1) is 0 Å². The Labute approximate surface area is 118 Å². The molecule has 2 nitrogen and oxygen atoms in total. The van der Waals surface area contributed by atoms with E-state index >= 15 is 0 Å². The number of hydroxylamine groups is 1. The van der Waals surface area contributed by atoms with Gasteiger partial charge in [0.15, 0.2) is 12.8 Å². The van der Waals surface area contributed by atoms with E-state index in [0.717, 1.165) is 21.3 Å². The topological polar surface area (TPSA) is 26.1 Å².